The molecule has 20 heteroatoms. The maximum atomic E-state index is 13.2. The SMILES string of the molecule is C[n+]1c2ccc(OC[C@H](O/N=C(\C(=O)NC3C(=O)N(OS(=O)(=O)[O-])C3(C)C)c3csc(N)n3)C(=O)O)cc2cn1CCCN. The molecule has 1 unspecified atom stereocenters. The summed E-state index contributed by atoms with van der Waals surface area (Å²) in [6.45, 7) is 3.43. The van der Waals surface area contributed by atoms with E-state index in [1.807, 2.05) is 28.7 Å². The van der Waals surface area contributed by atoms with Crippen molar-refractivity contribution in [2.45, 2.75) is 44.5 Å². The lowest BCUT2D eigenvalue weighted by Gasteiger charge is -2.51. The number of aliphatic carboxylic acids is 1. The first-order chi connectivity index (χ1) is 20.6. The van der Waals surface area contributed by atoms with E-state index in [1.54, 1.807) is 12.1 Å². The summed E-state index contributed by atoms with van der Waals surface area (Å²) in [6.07, 6.45) is 1.02. The normalized spacial score (nSPS) is 17.3. The number of carboxylic acid groups (broad SMARTS) is 1. The second kappa shape index (κ2) is 12.7. The van der Waals surface area contributed by atoms with Crippen molar-refractivity contribution in [1.82, 2.24) is 20.0 Å². The Bertz CT molecular complexity index is 1720. The van der Waals surface area contributed by atoms with E-state index in [0.29, 0.717) is 23.9 Å². The molecule has 0 radical (unpaired) electrons. The average Bonchev–Trinajstić information content (AvgIpc) is 3.52. The van der Waals surface area contributed by atoms with Crippen molar-refractivity contribution in [2.75, 3.05) is 18.9 Å². The summed E-state index contributed by atoms with van der Waals surface area (Å²) in [4.78, 5) is 46.8. The molecule has 0 saturated carbocycles. The highest BCUT2D eigenvalue weighted by Gasteiger charge is 2.57. The molecule has 1 fully saturated rings. The number of ether oxygens (including phenoxy) is 1. The number of hydrogen-bond acceptors (Lipinski definition) is 14. The Kier molecular flexibility index (Phi) is 9.39. The van der Waals surface area contributed by atoms with Gasteiger partial charge in [0.05, 0.1) is 23.7 Å². The number of thiazole rings is 1. The zero-order valence-corrected chi connectivity index (χ0v) is 25.3. The molecule has 0 aliphatic carbocycles. The fraction of sp³-hybridized carbons (Fsp3) is 0.417. The van der Waals surface area contributed by atoms with Gasteiger partial charge < -0.3 is 36.0 Å². The Labute approximate surface area is 254 Å². The van der Waals surface area contributed by atoms with Gasteiger partial charge >= 0.3 is 5.97 Å². The van der Waals surface area contributed by atoms with Gasteiger partial charge in [0.2, 0.25) is 15.9 Å². The van der Waals surface area contributed by atoms with Crippen LogP contribution in [0.3, 0.4) is 0 Å². The number of carbonyl (C=O) groups is 3. The van der Waals surface area contributed by atoms with E-state index in [1.165, 1.54) is 19.2 Å². The Morgan fingerprint density at radius 2 is 2.09 bits per heavy atom. The third-order valence-electron chi connectivity index (χ3n) is 6.66. The maximum absolute atomic E-state index is 13.2. The highest BCUT2D eigenvalue weighted by atomic mass is 32.3. The first-order valence-electron chi connectivity index (χ1n) is 12.9. The third kappa shape index (κ3) is 7.05. The van der Waals surface area contributed by atoms with Gasteiger partial charge in [-0.3, -0.25) is 9.59 Å². The summed E-state index contributed by atoms with van der Waals surface area (Å²) in [5.74, 6) is -3.16. The van der Waals surface area contributed by atoms with E-state index >= 15 is 0 Å². The van der Waals surface area contributed by atoms with Crippen LogP contribution in [0.5, 0.6) is 5.75 Å². The van der Waals surface area contributed by atoms with Crippen LogP contribution < -0.4 is 26.2 Å². The molecule has 2 amide bonds. The van der Waals surface area contributed by atoms with Crippen LogP contribution in [0.1, 0.15) is 26.0 Å². The summed E-state index contributed by atoms with van der Waals surface area (Å²) < 4.78 is 46.7. The van der Waals surface area contributed by atoms with E-state index in [2.05, 4.69) is 19.7 Å². The lowest BCUT2D eigenvalue weighted by atomic mass is 9.84. The number of hydroxylamine groups is 2. The number of hydrogen-bond donors (Lipinski definition) is 4. The Morgan fingerprint density at radius 3 is 2.68 bits per heavy atom. The molecule has 1 aliphatic heterocycles. The molecule has 1 aliphatic rings. The number of carboxylic acids is 1. The monoisotopic (exact) mass is 654 g/mol. The van der Waals surface area contributed by atoms with Crippen molar-refractivity contribution in [3.8, 4) is 5.75 Å². The van der Waals surface area contributed by atoms with Gasteiger partial charge in [0.15, 0.2) is 17.9 Å². The number of aromatic nitrogens is 3. The number of oxime groups is 1. The second-order valence-electron chi connectivity index (χ2n) is 10.1. The third-order valence-corrected chi connectivity index (χ3v) is 7.66. The van der Waals surface area contributed by atoms with Crippen molar-refractivity contribution < 1.29 is 51.0 Å². The molecule has 238 valence electrons. The summed E-state index contributed by atoms with van der Waals surface area (Å²) in [7, 11) is -3.36. The number of amides is 2. The van der Waals surface area contributed by atoms with Gasteiger partial charge in [-0.05, 0) is 38.9 Å². The Balaban J connectivity index is 1.49. The highest BCUT2D eigenvalue weighted by Crippen LogP contribution is 2.33. The van der Waals surface area contributed by atoms with Crippen molar-refractivity contribution in [1.29, 1.82) is 0 Å². The molecule has 2 atom stereocenters. The minimum Gasteiger partial charge on any atom is -0.724 e. The smallest absolute Gasteiger partial charge is 0.351 e. The molecule has 3 aromatic rings. The number of anilines is 1. The molecule has 4 rings (SSSR count). The molecule has 1 saturated heterocycles. The van der Waals surface area contributed by atoms with E-state index in [-0.39, 0.29) is 10.8 Å². The summed E-state index contributed by atoms with van der Waals surface area (Å²) in [5.41, 5.74) is 10.1. The van der Waals surface area contributed by atoms with E-state index in [9.17, 15) is 32.5 Å². The molecule has 0 spiro atoms. The highest BCUT2D eigenvalue weighted by molar-refractivity contribution is 7.80. The molecular weight excluding hydrogens is 624 g/mol. The number of aryl methyl sites for hydroxylation is 2. The zero-order chi connectivity index (χ0) is 32.4. The van der Waals surface area contributed by atoms with E-state index in [4.69, 9.17) is 21.0 Å². The summed E-state index contributed by atoms with van der Waals surface area (Å²) in [5, 5.41) is 18.4. The molecule has 1 aromatic carbocycles. The molecule has 6 N–H and O–H groups in total. The van der Waals surface area contributed by atoms with Gasteiger partial charge in [0.1, 0.15) is 24.1 Å². The molecule has 0 bridgehead atoms. The Hall–Kier alpha value is -4.37. The van der Waals surface area contributed by atoms with E-state index < -0.39 is 58.2 Å². The second-order valence-corrected chi connectivity index (χ2v) is 12.0. The largest absolute Gasteiger partial charge is 0.724 e. The van der Waals surface area contributed by atoms with Crippen molar-refractivity contribution >= 4 is 61.3 Å². The van der Waals surface area contributed by atoms with Crippen molar-refractivity contribution in [2.24, 2.45) is 17.9 Å². The lowest BCUT2D eigenvalue weighted by Crippen LogP contribution is -2.76. The average molecular weight is 655 g/mol. The molecule has 18 nitrogen and oxygen atoms in total. The van der Waals surface area contributed by atoms with Crippen molar-refractivity contribution in [3.63, 3.8) is 0 Å². The summed E-state index contributed by atoms with van der Waals surface area (Å²) >= 11 is 0.955. The zero-order valence-electron chi connectivity index (χ0n) is 23.7. The fourth-order valence-electron chi connectivity index (χ4n) is 4.33. The standard InChI is InChI=1S/C24H30N8O10S2/c1-24(2)19(21(34)32(24)42-44(37,38)39)28-20(33)18(15-12-43-23(26)27-15)29-41-17(22(35)36)11-40-14-5-6-16-13(9-14)10-31(30(16)3)8-4-7-25/h5-6,9-10,12,17,19H,4,7-8,11,25H2,1-3H3,(H4-,26,27,28,33,35,36,37,38,39)/b29-18-/t17-,19?/m0/s1. The quantitative estimate of drug-likeness (QED) is 0.0390. The number of nitrogens with one attached hydrogen (secondary N) is 1. The number of nitrogens with two attached hydrogens (primary N) is 2. The van der Waals surface area contributed by atoms with E-state index in [0.717, 1.165) is 28.7 Å². The van der Waals surface area contributed by atoms with Crippen molar-refractivity contribution in [3.05, 3.63) is 35.5 Å². The number of β-lactam (4-membered cyclic amide) rings is 1. The van der Waals surface area contributed by atoms with Gasteiger partial charge in [0.25, 0.3) is 17.9 Å². The molecule has 44 heavy (non-hydrogen) atoms. The van der Waals surface area contributed by atoms with Crippen LogP contribution in [0.4, 0.5) is 5.13 Å². The van der Waals surface area contributed by atoms with Gasteiger partial charge in [0, 0.05) is 11.4 Å². The number of nitrogen functional groups attached to an aromatic ring is 1. The van der Waals surface area contributed by atoms with Crippen LogP contribution in [-0.4, -0.2) is 87.1 Å². The van der Waals surface area contributed by atoms with Gasteiger partial charge in [-0.2, -0.15) is 14.0 Å². The number of benzene rings is 1. The Morgan fingerprint density at radius 1 is 1.36 bits per heavy atom. The molecule has 2 aromatic heterocycles. The minimum atomic E-state index is -5.26. The minimum absolute atomic E-state index is 0.0551. The predicted molar refractivity (Wildman–Crippen MR) is 151 cm³/mol. The number of fused-ring (bicyclic) bond motifs is 1. The predicted octanol–water partition coefficient (Wildman–Crippen LogP) is -1.40. The van der Waals surface area contributed by atoms with Crippen LogP contribution in [0, 0.1) is 0 Å². The number of nitrogens with zero attached hydrogens (tertiary/aromatic N) is 5. The lowest BCUT2D eigenvalue weighted by molar-refractivity contribution is -0.730. The van der Waals surface area contributed by atoms with Gasteiger partial charge in [-0.1, -0.05) is 5.16 Å². The van der Waals surface area contributed by atoms with Crippen LogP contribution in [0.25, 0.3) is 10.9 Å². The van der Waals surface area contributed by atoms with Crippen LogP contribution in [-0.2, 0) is 47.5 Å². The number of carbonyl (C=O) groups excluding carboxylic acids is 2. The van der Waals surface area contributed by atoms with Crippen LogP contribution in [0.2, 0.25) is 0 Å². The molecule has 3 heterocycles. The fourth-order valence-corrected chi connectivity index (χ4v) is 5.32. The van der Waals surface area contributed by atoms with Crippen LogP contribution in [0.15, 0.2) is 34.9 Å². The maximum Gasteiger partial charge on any atom is 0.351 e. The van der Waals surface area contributed by atoms with Gasteiger partial charge in [-0.25, -0.2) is 18.2 Å². The number of rotatable bonds is 14. The summed E-state index contributed by atoms with van der Waals surface area (Å²) in [6, 6.07) is 3.86. The topological polar surface area (TPSA) is 258 Å². The van der Waals surface area contributed by atoms with Crippen LogP contribution >= 0.6 is 11.3 Å². The first kappa shape index (κ1) is 32.5. The first-order valence-corrected chi connectivity index (χ1v) is 15.1. The van der Waals surface area contributed by atoms with Gasteiger partial charge in [-0.15, -0.1) is 16.0 Å². The molecular formula is C24H30N8O10S2.